The average molecular weight is 430 g/mol. The highest BCUT2D eigenvalue weighted by molar-refractivity contribution is 5.93. The lowest BCUT2D eigenvalue weighted by atomic mass is 10.1. The maximum Gasteiger partial charge on any atom is 0.416 e. The Morgan fingerprint density at radius 3 is 2.26 bits per heavy atom. The molecule has 2 aromatic heterocycles. The van der Waals surface area contributed by atoms with Crippen LogP contribution in [0.3, 0.4) is 0 Å². The monoisotopic (exact) mass is 430 g/mol. The van der Waals surface area contributed by atoms with Crippen LogP contribution in [0.2, 0.25) is 0 Å². The number of hydrogen-bond acceptors (Lipinski definition) is 7. The van der Waals surface area contributed by atoms with Crippen molar-refractivity contribution in [2.75, 3.05) is 26.2 Å². The standard InChI is InChI=1S/C21H17F3N4O3/c1-28(20-14-8-17(29-2)18(30-3)9-16(14)25-11-26-20)19-10-15(27-31-19)12-4-6-13(7-5-12)21(22,23)24/h4-11H,1-3H3. The zero-order valence-electron chi connectivity index (χ0n) is 16.8. The third-order valence-electron chi connectivity index (χ3n) is 4.77. The molecule has 0 bridgehead atoms. The quantitative estimate of drug-likeness (QED) is 0.437. The van der Waals surface area contributed by atoms with Gasteiger partial charge in [0.05, 0.1) is 25.3 Å². The molecule has 0 fully saturated rings. The SMILES string of the molecule is COc1cc2ncnc(N(C)c3cc(-c4ccc(C(F)(F)F)cc4)no3)c2cc1OC. The normalized spacial score (nSPS) is 11.5. The Morgan fingerprint density at radius 2 is 1.61 bits per heavy atom. The zero-order chi connectivity index (χ0) is 22.2. The number of anilines is 2. The summed E-state index contributed by atoms with van der Waals surface area (Å²) in [6.07, 6.45) is -2.99. The summed E-state index contributed by atoms with van der Waals surface area (Å²) in [7, 11) is 4.80. The van der Waals surface area contributed by atoms with Gasteiger partial charge in [-0.15, -0.1) is 0 Å². The predicted octanol–water partition coefficient (Wildman–Crippen LogP) is 5.09. The van der Waals surface area contributed by atoms with Crippen molar-refractivity contribution in [2.24, 2.45) is 0 Å². The van der Waals surface area contributed by atoms with E-state index >= 15 is 0 Å². The molecule has 160 valence electrons. The molecular weight excluding hydrogens is 413 g/mol. The molecule has 31 heavy (non-hydrogen) atoms. The van der Waals surface area contributed by atoms with Crippen LogP contribution in [0.25, 0.3) is 22.2 Å². The van der Waals surface area contributed by atoms with E-state index in [0.29, 0.717) is 45.4 Å². The summed E-state index contributed by atoms with van der Waals surface area (Å²) in [5, 5.41) is 4.67. The topological polar surface area (TPSA) is 73.5 Å². The molecule has 4 rings (SSSR count). The second kappa shape index (κ2) is 7.78. The predicted molar refractivity (Wildman–Crippen MR) is 108 cm³/mol. The Bertz CT molecular complexity index is 1220. The minimum Gasteiger partial charge on any atom is -0.493 e. The van der Waals surface area contributed by atoms with Crippen molar-refractivity contribution in [3.63, 3.8) is 0 Å². The largest absolute Gasteiger partial charge is 0.493 e. The molecule has 0 spiro atoms. The van der Waals surface area contributed by atoms with Gasteiger partial charge in [-0.05, 0) is 18.2 Å². The van der Waals surface area contributed by atoms with Crippen molar-refractivity contribution in [3.8, 4) is 22.8 Å². The summed E-state index contributed by atoms with van der Waals surface area (Å²) in [6.45, 7) is 0. The van der Waals surface area contributed by atoms with E-state index in [4.69, 9.17) is 14.0 Å². The summed E-state index contributed by atoms with van der Waals surface area (Å²) >= 11 is 0. The molecule has 0 atom stereocenters. The van der Waals surface area contributed by atoms with Crippen molar-refractivity contribution >= 4 is 22.6 Å². The molecule has 0 saturated carbocycles. The first-order valence-electron chi connectivity index (χ1n) is 9.06. The van der Waals surface area contributed by atoms with E-state index in [1.807, 2.05) is 0 Å². The van der Waals surface area contributed by atoms with Crippen molar-refractivity contribution < 1.29 is 27.2 Å². The maximum atomic E-state index is 12.8. The van der Waals surface area contributed by atoms with E-state index in [-0.39, 0.29) is 0 Å². The van der Waals surface area contributed by atoms with Crippen molar-refractivity contribution in [1.29, 1.82) is 0 Å². The van der Waals surface area contributed by atoms with E-state index in [9.17, 15) is 13.2 Å². The number of hydrogen-bond donors (Lipinski definition) is 0. The number of nitrogens with zero attached hydrogens (tertiary/aromatic N) is 4. The van der Waals surface area contributed by atoms with Crippen molar-refractivity contribution in [3.05, 3.63) is 54.4 Å². The van der Waals surface area contributed by atoms with Gasteiger partial charge in [0.1, 0.15) is 17.8 Å². The molecule has 0 aliphatic carbocycles. The van der Waals surface area contributed by atoms with Crippen molar-refractivity contribution in [1.82, 2.24) is 15.1 Å². The van der Waals surface area contributed by atoms with Gasteiger partial charge in [0.2, 0.25) is 5.88 Å². The molecule has 0 saturated heterocycles. The third kappa shape index (κ3) is 3.83. The zero-order valence-corrected chi connectivity index (χ0v) is 16.8. The van der Waals surface area contributed by atoms with Crippen LogP contribution in [-0.4, -0.2) is 36.4 Å². The van der Waals surface area contributed by atoms with Crippen LogP contribution in [0.4, 0.5) is 24.9 Å². The van der Waals surface area contributed by atoms with Gasteiger partial charge in [-0.25, -0.2) is 9.97 Å². The summed E-state index contributed by atoms with van der Waals surface area (Å²) in [5.41, 5.74) is 0.800. The van der Waals surface area contributed by atoms with Crippen LogP contribution in [-0.2, 0) is 6.18 Å². The first kappa shape index (κ1) is 20.5. The van der Waals surface area contributed by atoms with Crippen LogP contribution in [0.5, 0.6) is 11.5 Å². The molecule has 10 heteroatoms. The molecule has 0 amide bonds. The molecule has 0 N–H and O–H groups in total. The highest BCUT2D eigenvalue weighted by Gasteiger charge is 2.30. The number of ether oxygens (including phenoxy) is 2. The van der Waals surface area contributed by atoms with Gasteiger partial charge >= 0.3 is 6.18 Å². The number of fused-ring (bicyclic) bond motifs is 1. The highest BCUT2D eigenvalue weighted by atomic mass is 19.4. The Morgan fingerprint density at radius 1 is 0.935 bits per heavy atom. The van der Waals surface area contributed by atoms with Gasteiger partial charge in [0, 0.05) is 30.1 Å². The molecule has 0 unspecified atom stereocenters. The fraction of sp³-hybridized carbons (Fsp3) is 0.190. The van der Waals surface area contributed by atoms with Crippen LogP contribution < -0.4 is 14.4 Å². The van der Waals surface area contributed by atoms with Crippen LogP contribution >= 0.6 is 0 Å². The highest BCUT2D eigenvalue weighted by Crippen LogP contribution is 2.37. The summed E-state index contributed by atoms with van der Waals surface area (Å²) < 4.78 is 54.4. The Labute approximate surface area is 175 Å². The van der Waals surface area contributed by atoms with Crippen LogP contribution in [0.15, 0.2) is 53.3 Å². The van der Waals surface area contributed by atoms with Gasteiger partial charge in [0.25, 0.3) is 0 Å². The van der Waals surface area contributed by atoms with E-state index in [1.54, 1.807) is 30.1 Å². The molecule has 0 aliphatic rings. The number of alkyl halides is 3. The Kier molecular flexibility index (Phi) is 5.14. The smallest absolute Gasteiger partial charge is 0.416 e. The lowest BCUT2D eigenvalue weighted by molar-refractivity contribution is -0.137. The van der Waals surface area contributed by atoms with Gasteiger partial charge in [0.15, 0.2) is 11.5 Å². The van der Waals surface area contributed by atoms with Crippen LogP contribution in [0, 0.1) is 0 Å². The number of methoxy groups -OCH3 is 2. The van der Waals surface area contributed by atoms with Crippen molar-refractivity contribution in [2.45, 2.75) is 6.18 Å². The van der Waals surface area contributed by atoms with E-state index in [0.717, 1.165) is 12.1 Å². The van der Waals surface area contributed by atoms with Gasteiger partial charge in [-0.3, -0.25) is 4.90 Å². The lowest BCUT2D eigenvalue weighted by Gasteiger charge is -2.17. The third-order valence-corrected chi connectivity index (χ3v) is 4.77. The number of halogens is 3. The minimum absolute atomic E-state index is 0.352. The average Bonchev–Trinajstić information content (AvgIpc) is 3.27. The fourth-order valence-corrected chi connectivity index (χ4v) is 3.13. The van der Waals surface area contributed by atoms with Gasteiger partial charge < -0.3 is 14.0 Å². The van der Waals surface area contributed by atoms with E-state index < -0.39 is 11.7 Å². The molecule has 7 nitrogen and oxygen atoms in total. The molecule has 0 radical (unpaired) electrons. The first-order chi connectivity index (χ1) is 14.8. The summed E-state index contributed by atoms with van der Waals surface area (Å²) in [6, 6.07) is 9.82. The Balaban J connectivity index is 1.69. The van der Waals surface area contributed by atoms with Crippen LogP contribution in [0.1, 0.15) is 5.56 Å². The maximum absolute atomic E-state index is 12.8. The Hall–Kier alpha value is -3.82. The van der Waals surface area contributed by atoms with E-state index in [1.165, 1.54) is 32.7 Å². The molecule has 0 aliphatic heterocycles. The minimum atomic E-state index is -4.40. The summed E-state index contributed by atoms with van der Waals surface area (Å²) in [4.78, 5) is 10.3. The first-order valence-corrected chi connectivity index (χ1v) is 9.06. The number of rotatable bonds is 5. The summed E-state index contributed by atoms with van der Waals surface area (Å²) in [5.74, 6) is 1.93. The number of aromatic nitrogens is 3. The van der Waals surface area contributed by atoms with Gasteiger partial charge in [-0.1, -0.05) is 17.3 Å². The van der Waals surface area contributed by atoms with E-state index in [2.05, 4.69) is 15.1 Å². The lowest BCUT2D eigenvalue weighted by Crippen LogP contribution is -2.11. The van der Waals surface area contributed by atoms with Gasteiger partial charge in [-0.2, -0.15) is 13.2 Å². The molecule has 2 aromatic carbocycles. The number of benzene rings is 2. The molecule has 4 aromatic rings. The molecule has 2 heterocycles. The molecular formula is C21H17F3N4O3. The fourth-order valence-electron chi connectivity index (χ4n) is 3.13. The second-order valence-corrected chi connectivity index (χ2v) is 6.61. The second-order valence-electron chi connectivity index (χ2n) is 6.61.